The van der Waals surface area contributed by atoms with E-state index in [2.05, 4.69) is 13.8 Å². The van der Waals surface area contributed by atoms with Crippen molar-refractivity contribution in [2.75, 3.05) is 6.61 Å². The highest BCUT2D eigenvalue weighted by Gasteiger charge is 2.26. The Balaban J connectivity index is 2.40. The first kappa shape index (κ1) is 9.05. The van der Waals surface area contributed by atoms with Gasteiger partial charge in [-0.2, -0.15) is 0 Å². The lowest BCUT2D eigenvalue weighted by molar-refractivity contribution is 0.136. The van der Waals surface area contributed by atoms with Crippen LogP contribution in [0.2, 0.25) is 0 Å². The van der Waals surface area contributed by atoms with E-state index in [9.17, 15) is 0 Å². The Labute approximate surface area is 69.8 Å². The zero-order valence-electron chi connectivity index (χ0n) is 7.71. The number of rotatable bonds is 3. The standard InChI is InChI=1S/C10H20O/c1-8(2)10(7-11)9-5-3-4-6-9/h8-11H,3-7H2,1-2H3. The molecule has 0 aliphatic heterocycles. The Morgan fingerprint density at radius 3 is 2.18 bits per heavy atom. The molecule has 0 bridgehead atoms. The molecule has 1 heteroatoms. The van der Waals surface area contributed by atoms with E-state index in [0.717, 1.165) is 5.92 Å². The molecule has 0 aromatic rings. The molecule has 0 aromatic carbocycles. The molecule has 1 nitrogen and oxygen atoms in total. The maximum atomic E-state index is 9.16. The Bertz CT molecular complexity index is 103. The number of aliphatic hydroxyl groups is 1. The third kappa shape index (κ3) is 2.19. The normalized spacial score (nSPS) is 22.9. The molecular weight excluding hydrogens is 136 g/mol. The van der Waals surface area contributed by atoms with Gasteiger partial charge in [0.1, 0.15) is 0 Å². The molecule has 1 aliphatic carbocycles. The van der Waals surface area contributed by atoms with Crippen molar-refractivity contribution >= 4 is 0 Å². The Morgan fingerprint density at radius 2 is 1.82 bits per heavy atom. The maximum absolute atomic E-state index is 9.16. The Hall–Kier alpha value is -0.0400. The molecule has 0 spiro atoms. The van der Waals surface area contributed by atoms with E-state index < -0.39 is 0 Å². The fraction of sp³-hybridized carbons (Fsp3) is 1.00. The summed E-state index contributed by atoms with van der Waals surface area (Å²) in [5, 5.41) is 9.16. The van der Waals surface area contributed by atoms with Crippen LogP contribution in [0.15, 0.2) is 0 Å². The molecular formula is C10H20O. The lowest BCUT2D eigenvalue weighted by atomic mass is 9.83. The van der Waals surface area contributed by atoms with Crippen LogP contribution < -0.4 is 0 Å². The van der Waals surface area contributed by atoms with Gasteiger partial charge in [0.2, 0.25) is 0 Å². The van der Waals surface area contributed by atoms with E-state index in [4.69, 9.17) is 5.11 Å². The second kappa shape index (κ2) is 4.10. The van der Waals surface area contributed by atoms with Gasteiger partial charge >= 0.3 is 0 Å². The van der Waals surface area contributed by atoms with E-state index in [1.807, 2.05) is 0 Å². The molecule has 1 atom stereocenters. The predicted molar refractivity (Wildman–Crippen MR) is 47.4 cm³/mol. The van der Waals surface area contributed by atoms with Gasteiger partial charge in [-0.15, -0.1) is 0 Å². The van der Waals surface area contributed by atoms with Crippen LogP contribution in [0.25, 0.3) is 0 Å². The average Bonchev–Trinajstić information content (AvgIpc) is 2.40. The highest BCUT2D eigenvalue weighted by molar-refractivity contribution is 4.76. The van der Waals surface area contributed by atoms with Gasteiger partial charge < -0.3 is 5.11 Å². The van der Waals surface area contributed by atoms with E-state index in [1.54, 1.807) is 0 Å². The van der Waals surface area contributed by atoms with Gasteiger partial charge in [0.25, 0.3) is 0 Å². The summed E-state index contributed by atoms with van der Waals surface area (Å²) in [6, 6.07) is 0. The van der Waals surface area contributed by atoms with Crippen molar-refractivity contribution in [2.24, 2.45) is 17.8 Å². The van der Waals surface area contributed by atoms with Crippen LogP contribution in [-0.2, 0) is 0 Å². The van der Waals surface area contributed by atoms with E-state index in [1.165, 1.54) is 25.7 Å². The van der Waals surface area contributed by atoms with Crippen LogP contribution in [0.4, 0.5) is 0 Å². The van der Waals surface area contributed by atoms with Gasteiger partial charge in [-0.05, 0) is 17.8 Å². The molecule has 1 N–H and O–H groups in total. The molecule has 0 amide bonds. The van der Waals surface area contributed by atoms with E-state index in [-0.39, 0.29) is 0 Å². The smallest absolute Gasteiger partial charge is 0.0464 e. The second-order valence-electron chi connectivity index (χ2n) is 4.13. The zero-order valence-corrected chi connectivity index (χ0v) is 7.71. The lowest BCUT2D eigenvalue weighted by Gasteiger charge is -2.24. The third-order valence-electron chi connectivity index (χ3n) is 3.07. The third-order valence-corrected chi connectivity index (χ3v) is 3.07. The van der Waals surface area contributed by atoms with Crippen molar-refractivity contribution in [2.45, 2.75) is 39.5 Å². The Kier molecular flexibility index (Phi) is 3.38. The highest BCUT2D eigenvalue weighted by Crippen LogP contribution is 2.34. The molecule has 1 saturated carbocycles. The topological polar surface area (TPSA) is 20.2 Å². The van der Waals surface area contributed by atoms with Crippen LogP contribution in [-0.4, -0.2) is 11.7 Å². The van der Waals surface area contributed by atoms with Crippen molar-refractivity contribution in [3.05, 3.63) is 0 Å². The summed E-state index contributed by atoms with van der Waals surface area (Å²) in [6.45, 7) is 4.83. The van der Waals surface area contributed by atoms with E-state index >= 15 is 0 Å². The molecule has 0 aromatic heterocycles. The number of hydrogen-bond donors (Lipinski definition) is 1. The van der Waals surface area contributed by atoms with Crippen molar-refractivity contribution in [1.82, 2.24) is 0 Å². The van der Waals surface area contributed by atoms with Gasteiger partial charge in [0.05, 0.1) is 0 Å². The first-order valence-electron chi connectivity index (χ1n) is 4.86. The van der Waals surface area contributed by atoms with Crippen molar-refractivity contribution < 1.29 is 5.11 Å². The largest absolute Gasteiger partial charge is 0.396 e. The van der Waals surface area contributed by atoms with Crippen LogP contribution in [0.3, 0.4) is 0 Å². The predicted octanol–water partition coefficient (Wildman–Crippen LogP) is 2.44. The first-order valence-corrected chi connectivity index (χ1v) is 4.86. The fourth-order valence-electron chi connectivity index (χ4n) is 2.29. The lowest BCUT2D eigenvalue weighted by Crippen LogP contribution is -2.21. The first-order chi connectivity index (χ1) is 5.25. The van der Waals surface area contributed by atoms with Crippen molar-refractivity contribution in [3.63, 3.8) is 0 Å². The molecule has 0 saturated heterocycles. The van der Waals surface area contributed by atoms with Gasteiger partial charge in [0.15, 0.2) is 0 Å². The maximum Gasteiger partial charge on any atom is 0.0464 e. The Morgan fingerprint density at radius 1 is 1.27 bits per heavy atom. The monoisotopic (exact) mass is 156 g/mol. The van der Waals surface area contributed by atoms with Gasteiger partial charge in [-0.3, -0.25) is 0 Å². The summed E-state index contributed by atoms with van der Waals surface area (Å²) in [5.74, 6) is 2.04. The fourth-order valence-corrected chi connectivity index (χ4v) is 2.29. The average molecular weight is 156 g/mol. The van der Waals surface area contributed by atoms with Crippen LogP contribution in [0, 0.1) is 17.8 Å². The summed E-state index contributed by atoms with van der Waals surface area (Å²) >= 11 is 0. The summed E-state index contributed by atoms with van der Waals surface area (Å²) < 4.78 is 0. The van der Waals surface area contributed by atoms with Gasteiger partial charge in [0, 0.05) is 6.61 Å². The zero-order chi connectivity index (χ0) is 8.27. The second-order valence-corrected chi connectivity index (χ2v) is 4.13. The summed E-state index contributed by atoms with van der Waals surface area (Å²) in [6.07, 6.45) is 5.47. The number of hydrogen-bond acceptors (Lipinski definition) is 1. The minimum atomic E-state index is 0.391. The highest BCUT2D eigenvalue weighted by atomic mass is 16.3. The quantitative estimate of drug-likeness (QED) is 0.665. The van der Waals surface area contributed by atoms with Crippen LogP contribution >= 0.6 is 0 Å². The van der Waals surface area contributed by atoms with Crippen LogP contribution in [0.1, 0.15) is 39.5 Å². The van der Waals surface area contributed by atoms with Crippen molar-refractivity contribution in [1.29, 1.82) is 0 Å². The molecule has 0 radical (unpaired) electrons. The molecule has 1 fully saturated rings. The van der Waals surface area contributed by atoms with Crippen molar-refractivity contribution in [3.8, 4) is 0 Å². The summed E-state index contributed by atoms with van der Waals surface area (Å²) in [5.41, 5.74) is 0. The van der Waals surface area contributed by atoms with Gasteiger partial charge in [-0.25, -0.2) is 0 Å². The van der Waals surface area contributed by atoms with Gasteiger partial charge in [-0.1, -0.05) is 39.5 Å². The molecule has 1 aliphatic rings. The van der Waals surface area contributed by atoms with E-state index in [0.29, 0.717) is 18.4 Å². The minimum absolute atomic E-state index is 0.391. The SMILES string of the molecule is CC(C)C(CO)C1CCCC1. The minimum Gasteiger partial charge on any atom is -0.396 e. The molecule has 1 rings (SSSR count). The molecule has 1 unspecified atom stereocenters. The molecule has 11 heavy (non-hydrogen) atoms. The summed E-state index contributed by atoms with van der Waals surface area (Å²) in [4.78, 5) is 0. The molecule has 66 valence electrons. The van der Waals surface area contributed by atoms with Crippen LogP contribution in [0.5, 0.6) is 0 Å². The molecule has 0 heterocycles. The summed E-state index contributed by atoms with van der Waals surface area (Å²) in [7, 11) is 0. The number of aliphatic hydroxyl groups excluding tert-OH is 1.